The zero-order chi connectivity index (χ0) is 13.8. The van der Waals surface area contributed by atoms with Gasteiger partial charge in [0, 0.05) is 12.1 Å². The maximum absolute atomic E-state index is 3.54. The van der Waals surface area contributed by atoms with Crippen LogP contribution in [0.5, 0.6) is 0 Å². The molecule has 0 radical (unpaired) electrons. The first-order valence-corrected chi connectivity index (χ1v) is 8.37. The fraction of sp³-hybridized carbons (Fsp3) is 0.667. The molecular weight excluding hydrogens is 244 g/mol. The second kappa shape index (κ2) is 6.73. The molecule has 2 unspecified atom stereocenters. The lowest BCUT2D eigenvalue weighted by atomic mass is 9.95. The summed E-state index contributed by atoms with van der Waals surface area (Å²) in [6.45, 7) is 2.38. The van der Waals surface area contributed by atoms with Crippen LogP contribution >= 0.6 is 0 Å². The van der Waals surface area contributed by atoms with E-state index in [2.05, 4.69) is 41.5 Å². The molecule has 2 heteroatoms. The van der Waals surface area contributed by atoms with Gasteiger partial charge in [-0.25, -0.2) is 0 Å². The maximum Gasteiger partial charge on any atom is 0.0350 e. The predicted molar refractivity (Wildman–Crippen MR) is 85.0 cm³/mol. The molecule has 110 valence electrons. The van der Waals surface area contributed by atoms with Gasteiger partial charge in [-0.1, -0.05) is 30.7 Å². The van der Waals surface area contributed by atoms with Crippen LogP contribution in [0.25, 0.3) is 0 Å². The average molecular weight is 272 g/mol. The molecule has 1 N–H and O–H groups in total. The Morgan fingerprint density at radius 1 is 1.00 bits per heavy atom. The van der Waals surface area contributed by atoms with E-state index in [4.69, 9.17) is 0 Å². The molecule has 0 aromatic heterocycles. The lowest BCUT2D eigenvalue weighted by molar-refractivity contribution is 0.151. The van der Waals surface area contributed by atoms with Crippen molar-refractivity contribution >= 4 is 0 Å². The van der Waals surface area contributed by atoms with E-state index in [9.17, 15) is 0 Å². The second-order valence-electron chi connectivity index (χ2n) is 6.46. The highest BCUT2D eigenvalue weighted by Gasteiger charge is 2.27. The molecule has 0 saturated carbocycles. The molecule has 2 atom stereocenters. The van der Waals surface area contributed by atoms with E-state index in [0.717, 1.165) is 6.04 Å². The van der Waals surface area contributed by atoms with E-state index in [1.165, 1.54) is 58.0 Å². The molecule has 1 fully saturated rings. The van der Waals surface area contributed by atoms with Gasteiger partial charge in [0.1, 0.15) is 0 Å². The molecule has 0 bridgehead atoms. The zero-order valence-electron chi connectivity index (χ0n) is 12.8. The number of aryl methyl sites for hydroxylation is 1. The Hall–Kier alpha value is -0.860. The monoisotopic (exact) mass is 272 g/mol. The molecule has 1 saturated heterocycles. The first-order valence-electron chi connectivity index (χ1n) is 8.37. The number of nitrogens with one attached hydrogen (secondary N) is 1. The van der Waals surface area contributed by atoms with Crippen LogP contribution in [0.2, 0.25) is 0 Å². The second-order valence-corrected chi connectivity index (χ2v) is 6.46. The summed E-state index contributed by atoms with van der Waals surface area (Å²) in [5, 5.41) is 3.54. The predicted octanol–water partition coefficient (Wildman–Crippen LogP) is 3.53. The van der Waals surface area contributed by atoms with E-state index >= 15 is 0 Å². The molecule has 2 nitrogen and oxygen atoms in total. The summed E-state index contributed by atoms with van der Waals surface area (Å²) < 4.78 is 0. The largest absolute Gasteiger partial charge is 0.317 e. The van der Waals surface area contributed by atoms with Crippen LogP contribution in [0.3, 0.4) is 0 Å². The Morgan fingerprint density at radius 3 is 2.85 bits per heavy atom. The molecule has 1 aliphatic carbocycles. The third-order valence-corrected chi connectivity index (χ3v) is 5.20. The van der Waals surface area contributed by atoms with Crippen molar-refractivity contribution < 1.29 is 0 Å². The van der Waals surface area contributed by atoms with Crippen LogP contribution in [0.15, 0.2) is 24.3 Å². The Labute approximate surface area is 123 Å². The van der Waals surface area contributed by atoms with Crippen LogP contribution < -0.4 is 5.32 Å². The number of hydrogen-bond acceptors (Lipinski definition) is 2. The van der Waals surface area contributed by atoms with Gasteiger partial charge >= 0.3 is 0 Å². The maximum atomic E-state index is 3.54. The van der Waals surface area contributed by atoms with E-state index < -0.39 is 0 Å². The minimum Gasteiger partial charge on any atom is -0.317 e. The molecular formula is C18H28N2. The van der Waals surface area contributed by atoms with Crippen molar-refractivity contribution in [3.05, 3.63) is 35.4 Å². The smallest absolute Gasteiger partial charge is 0.0350 e. The van der Waals surface area contributed by atoms with Gasteiger partial charge in [-0.3, -0.25) is 4.90 Å². The first-order chi connectivity index (χ1) is 9.86. The van der Waals surface area contributed by atoms with Gasteiger partial charge in [-0.2, -0.15) is 0 Å². The minimum atomic E-state index is 0.636. The van der Waals surface area contributed by atoms with Crippen LogP contribution in [0.1, 0.15) is 55.7 Å². The summed E-state index contributed by atoms with van der Waals surface area (Å²) >= 11 is 0. The van der Waals surface area contributed by atoms with Crippen molar-refractivity contribution in [2.24, 2.45) is 0 Å². The molecule has 1 heterocycles. The third kappa shape index (κ3) is 3.07. The molecule has 3 rings (SSSR count). The van der Waals surface area contributed by atoms with E-state index in [1.54, 1.807) is 11.1 Å². The lowest BCUT2D eigenvalue weighted by Crippen LogP contribution is -2.36. The number of hydrogen-bond donors (Lipinski definition) is 1. The molecule has 1 aromatic carbocycles. The van der Waals surface area contributed by atoms with Crippen molar-refractivity contribution in [2.75, 3.05) is 20.1 Å². The van der Waals surface area contributed by atoms with Gasteiger partial charge in [-0.05, 0) is 69.8 Å². The molecule has 0 spiro atoms. The van der Waals surface area contributed by atoms with Gasteiger partial charge in [0.25, 0.3) is 0 Å². The van der Waals surface area contributed by atoms with E-state index in [1.807, 2.05) is 0 Å². The van der Waals surface area contributed by atoms with Gasteiger partial charge in [0.05, 0.1) is 0 Å². The lowest BCUT2D eigenvalue weighted by Gasteiger charge is -2.35. The molecule has 2 aliphatic rings. The SMILES string of the molecule is CN(C1CCCNCC1)C1CCCCc2ccccc21. The highest BCUT2D eigenvalue weighted by molar-refractivity contribution is 5.31. The fourth-order valence-corrected chi connectivity index (χ4v) is 3.98. The van der Waals surface area contributed by atoms with E-state index in [-0.39, 0.29) is 0 Å². The summed E-state index contributed by atoms with van der Waals surface area (Å²) in [6.07, 6.45) is 9.30. The topological polar surface area (TPSA) is 15.3 Å². The molecule has 20 heavy (non-hydrogen) atoms. The Kier molecular flexibility index (Phi) is 4.74. The Morgan fingerprint density at radius 2 is 1.90 bits per heavy atom. The van der Waals surface area contributed by atoms with Crippen LogP contribution in [-0.2, 0) is 6.42 Å². The van der Waals surface area contributed by atoms with Crippen LogP contribution in [-0.4, -0.2) is 31.1 Å². The molecule has 1 aliphatic heterocycles. The summed E-state index contributed by atoms with van der Waals surface area (Å²) in [4.78, 5) is 2.69. The Balaban J connectivity index is 1.81. The van der Waals surface area contributed by atoms with Gasteiger partial charge in [-0.15, -0.1) is 0 Å². The zero-order valence-corrected chi connectivity index (χ0v) is 12.8. The summed E-state index contributed by atoms with van der Waals surface area (Å²) in [7, 11) is 2.36. The first kappa shape index (κ1) is 14.1. The van der Waals surface area contributed by atoms with Gasteiger partial charge in [0.2, 0.25) is 0 Å². The van der Waals surface area contributed by atoms with Crippen molar-refractivity contribution in [1.82, 2.24) is 10.2 Å². The average Bonchev–Trinajstić information content (AvgIpc) is 2.87. The van der Waals surface area contributed by atoms with Gasteiger partial charge in [0.15, 0.2) is 0 Å². The normalized spacial score (nSPS) is 27.7. The van der Waals surface area contributed by atoms with Crippen molar-refractivity contribution in [1.29, 1.82) is 0 Å². The van der Waals surface area contributed by atoms with Crippen LogP contribution in [0, 0.1) is 0 Å². The Bertz CT molecular complexity index is 421. The number of rotatable bonds is 2. The highest BCUT2D eigenvalue weighted by Crippen LogP contribution is 2.34. The highest BCUT2D eigenvalue weighted by atomic mass is 15.2. The third-order valence-electron chi connectivity index (χ3n) is 5.20. The standard InChI is InChI=1S/C18H28N2/c1-20(16-9-6-13-19-14-12-16)18-11-5-3-8-15-7-2-4-10-17(15)18/h2,4,7,10,16,18-19H,3,5-6,8-9,11-14H2,1H3. The quantitative estimate of drug-likeness (QED) is 0.829. The molecule has 0 amide bonds. The van der Waals surface area contributed by atoms with Crippen molar-refractivity contribution in [3.8, 4) is 0 Å². The molecule has 1 aromatic rings. The summed E-state index contributed by atoms with van der Waals surface area (Å²) in [5.41, 5.74) is 3.19. The number of benzene rings is 1. The fourth-order valence-electron chi connectivity index (χ4n) is 3.98. The minimum absolute atomic E-state index is 0.636. The van der Waals surface area contributed by atoms with Crippen LogP contribution in [0.4, 0.5) is 0 Å². The van der Waals surface area contributed by atoms with Crippen molar-refractivity contribution in [3.63, 3.8) is 0 Å². The number of nitrogens with zero attached hydrogens (tertiary/aromatic N) is 1. The summed E-state index contributed by atoms with van der Waals surface area (Å²) in [6, 6.07) is 10.5. The van der Waals surface area contributed by atoms with Gasteiger partial charge < -0.3 is 5.32 Å². The van der Waals surface area contributed by atoms with E-state index in [0.29, 0.717) is 6.04 Å². The van der Waals surface area contributed by atoms with Crippen molar-refractivity contribution in [2.45, 2.75) is 57.0 Å². The number of fused-ring (bicyclic) bond motifs is 1. The summed E-state index contributed by atoms with van der Waals surface area (Å²) in [5.74, 6) is 0.